The molecule has 1 N–H and O–H groups in total. The second-order valence-corrected chi connectivity index (χ2v) is 5.89. The van der Waals surface area contributed by atoms with Crippen molar-refractivity contribution in [3.8, 4) is 0 Å². The SMILES string of the molecule is CNc1cc(C(C)C)nc2ccc(N3CCCC3)cc12. The lowest BCUT2D eigenvalue weighted by Gasteiger charge is -2.19. The summed E-state index contributed by atoms with van der Waals surface area (Å²) in [6.07, 6.45) is 2.61. The molecular formula is C17H23N3. The molecule has 3 rings (SSSR count). The Morgan fingerprint density at radius 2 is 1.90 bits per heavy atom. The van der Waals surface area contributed by atoms with Gasteiger partial charge in [-0.05, 0) is 43.0 Å². The molecular weight excluding hydrogens is 246 g/mol. The lowest BCUT2D eigenvalue weighted by molar-refractivity contribution is 0.830. The van der Waals surface area contributed by atoms with Crippen LogP contribution in [-0.2, 0) is 0 Å². The van der Waals surface area contributed by atoms with Crippen LogP contribution in [0.5, 0.6) is 0 Å². The summed E-state index contributed by atoms with van der Waals surface area (Å²) >= 11 is 0. The van der Waals surface area contributed by atoms with E-state index in [0.717, 1.165) is 11.2 Å². The van der Waals surface area contributed by atoms with Crippen molar-refractivity contribution in [2.24, 2.45) is 0 Å². The smallest absolute Gasteiger partial charge is 0.0727 e. The molecule has 3 heteroatoms. The van der Waals surface area contributed by atoms with Crippen molar-refractivity contribution in [2.45, 2.75) is 32.6 Å². The van der Waals surface area contributed by atoms with Gasteiger partial charge in [-0.1, -0.05) is 13.8 Å². The van der Waals surface area contributed by atoms with Crippen LogP contribution in [0.1, 0.15) is 38.3 Å². The molecule has 0 atom stereocenters. The number of nitrogens with one attached hydrogen (secondary N) is 1. The summed E-state index contributed by atoms with van der Waals surface area (Å²) in [5, 5.41) is 4.55. The van der Waals surface area contributed by atoms with E-state index < -0.39 is 0 Å². The number of hydrogen-bond donors (Lipinski definition) is 1. The predicted molar refractivity (Wildman–Crippen MR) is 86.8 cm³/mol. The maximum Gasteiger partial charge on any atom is 0.0727 e. The Bertz CT molecular complexity index is 613. The van der Waals surface area contributed by atoms with E-state index in [4.69, 9.17) is 4.98 Å². The molecule has 2 heterocycles. The maximum absolute atomic E-state index is 4.79. The van der Waals surface area contributed by atoms with Gasteiger partial charge in [0.15, 0.2) is 0 Å². The Labute approximate surface area is 121 Å². The van der Waals surface area contributed by atoms with E-state index in [0.29, 0.717) is 5.92 Å². The van der Waals surface area contributed by atoms with Crippen molar-refractivity contribution in [3.63, 3.8) is 0 Å². The van der Waals surface area contributed by atoms with Gasteiger partial charge in [0.25, 0.3) is 0 Å². The van der Waals surface area contributed by atoms with Crippen molar-refractivity contribution in [2.75, 3.05) is 30.4 Å². The van der Waals surface area contributed by atoms with Crippen molar-refractivity contribution in [1.82, 2.24) is 4.98 Å². The van der Waals surface area contributed by atoms with Crippen LogP contribution in [-0.4, -0.2) is 25.1 Å². The summed E-state index contributed by atoms with van der Waals surface area (Å²) in [6.45, 7) is 6.73. The van der Waals surface area contributed by atoms with Crippen LogP contribution in [0.2, 0.25) is 0 Å². The van der Waals surface area contributed by atoms with E-state index in [9.17, 15) is 0 Å². The Morgan fingerprint density at radius 3 is 2.55 bits per heavy atom. The Morgan fingerprint density at radius 1 is 1.15 bits per heavy atom. The fourth-order valence-corrected chi connectivity index (χ4v) is 2.91. The van der Waals surface area contributed by atoms with Gasteiger partial charge in [0, 0.05) is 42.6 Å². The van der Waals surface area contributed by atoms with E-state index >= 15 is 0 Å². The summed E-state index contributed by atoms with van der Waals surface area (Å²) < 4.78 is 0. The number of benzene rings is 1. The quantitative estimate of drug-likeness (QED) is 0.913. The molecule has 1 fully saturated rings. The second kappa shape index (κ2) is 5.31. The van der Waals surface area contributed by atoms with Gasteiger partial charge in [-0.2, -0.15) is 0 Å². The maximum atomic E-state index is 4.79. The molecule has 2 aromatic rings. The van der Waals surface area contributed by atoms with Crippen LogP contribution in [0.3, 0.4) is 0 Å². The Hall–Kier alpha value is -1.77. The highest BCUT2D eigenvalue weighted by Crippen LogP contribution is 2.30. The monoisotopic (exact) mass is 269 g/mol. The summed E-state index contributed by atoms with van der Waals surface area (Å²) in [5.41, 5.74) is 4.74. The normalized spacial score (nSPS) is 15.3. The van der Waals surface area contributed by atoms with Crippen molar-refractivity contribution < 1.29 is 0 Å². The van der Waals surface area contributed by atoms with Gasteiger partial charge in [-0.15, -0.1) is 0 Å². The fourth-order valence-electron chi connectivity index (χ4n) is 2.91. The highest BCUT2D eigenvalue weighted by atomic mass is 15.1. The van der Waals surface area contributed by atoms with Crippen LogP contribution in [0.4, 0.5) is 11.4 Å². The molecule has 1 aliphatic heterocycles. The standard InChI is InChI=1S/C17H23N3/c1-12(2)16-11-17(18-3)14-10-13(6-7-15(14)19-16)20-8-4-5-9-20/h6-7,10-12H,4-5,8-9H2,1-3H3,(H,18,19). The Balaban J connectivity index is 2.10. The zero-order valence-electron chi connectivity index (χ0n) is 12.6. The number of fused-ring (bicyclic) bond motifs is 1. The summed E-state index contributed by atoms with van der Waals surface area (Å²) in [4.78, 5) is 7.26. The van der Waals surface area contributed by atoms with E-state index in [1.54, 1.807) is 0 Å². The summed E-state index contributed by atoms with van der Waals surface area (Å²) in [6, 6.07) is 8.84. The van der Waals surface area contributed by atoms with Crippen LogP contribution >= 0.6 is 0 Å². The molecule has 0 amide bonds. The van der Waals surface area contributed by atoms with Gasteiger partial charge < -0.3 is 10.2 Å². The molecule has 106 valence electrons. The third kappa shape index (κ3) is 2.33. The average Bonchev–Trinajstić information content (AvgIpc) is 2.99. The van der Waals surface area contributed by atoms with Crippen LogP contribution in [0.15, 0.2) is 24.3 Å². The first-order valence-corrected chi connectivity index (χ1v) is 7.56. The van der Waals surface area contributed by atoms with Crippen molar-refractivity contribution >= 4 is 22.3 Å². The summed E-state index contributed by atoms with van der Waals surface area (Å²) in [5.74, 6) is 0.449. The van der Waals surface area contributed by atoms with Crippen molar-refractivity contribution in [1.29, 1.82) is 0 Å². The molecule has 0 bridgehead atoms. The number of anilines is 2. The highest BCUT2D eigenvalue weighted by Gasteiger charge is 2.14. The first-order valence-electron chi connectivity index (χ1n) is 7.56. The number of hydrogen-bond acceptors (Lipinski definition) is 3. The molecule has 1 aromatic heterocycles. The molecule has 0 spiro atoms. The van der Waals surface area contributed by atoms with E-state index in [-0.39, 0.29) is 0 Å². The number of nitrogens with zero attached hydrogens (tertiary/aromatic N) is 2. The molecule has 3 nitrogen and oxygen atoms in total. The third-order valence-corrected chi connectivity index (χ3v) is 4.14. The van der Waals surface area contributed by atoms with Gasteiger partial charge in [0.05, 0.1) is 5.52 Å². The highest BCUT2D eigenvalue weighted by molar-refractivity contribution is 5.94. The lowest BCUT2D eigenvalue weighted by Crippen LogP contribution is -2.17. The minimum absolute atomic E-state index is 0.449. The van der Waals surface area contributed by atoms with Gasteiger partial charge in [-0.25, -0.2) is 0 Å². The number of pyridine rings is 1. The molecule has 20 heavy (non-hydrogen) atoms. The molecule has 0 saturated carbocycles. The molecule has 1 aromatic carbocycles. The van der Waals surface area contributed by atoms with Crippen LogP contribution in [0.25, 0.3) is 10.9 Å². The third-order valence-electron chi connectivity index (χ3n) is 4.14. The molecule has 0 radical (unpaired) electrons. The topological polar surface area (TPSA) is 28.2 Å². The average molecular weight is 269 g/mol. The first-order chi connectivity index (χ1) is 9.69. The van der Waals surface area contributed by atoms with Gasteiger partial charge in [-0.3, -0.25) is 4.98 Å². The lowest BCUT2D eigenvalue weighted by atomic mass is 10.1. The number of aromatic nitrogens is 1. The van der Waals surface area contributed by atoms with Crippen LogP contribution in [0, 0.1) is 0 Å². The summed E-state index contributed by atoms with van der Waals surface area (Å²) in [7, 11) is 1.99. The minimum Gasteiger partial charge on any atom is -0.388 e. The van der Waals surface area contributed by atoms with Gasteiger partial charge in [0.2, 0.25) is 0 Å². The largest absolute Gasteiger partial charge is 0.388 e. The minimum atomic E-state index is 0.449. The Kier molecular flexibility index (Phi) is 3.51. The first kappa shape index (κ1) is 13.2. The number of rotatable bonds is 3. The second-order valence-electron chi connectivity index (χ2n) is 5.89. The molecule has 1 aliphatic rings. The zero-order valence-corrected chi connectivity index (χ0v) is 12.6. The fraction of sp³-hybridized carbons (Fsp3) is 0.471. The molecule has 0 aliphatic carbocycles. The van der Waals surface area contributed by atoms with Gasteiger partial charge in [0.1, 0.15) is 0 Å². The van der Waals surface area contributed by atoms with E-state index in [1.165, 1.54) is 42.7 Å². The molecule has 0 unspecified atom stereocenters. The molecule has 1 saturated heterocycles. The zero-order chi connectivity index (χ0) is 14.1. The van der Waals surface area contributed by atoms with Gasteiger partial charge >= 0.3 is 0 Å². The van der Waals surface area contributed by atoms with E-state index in [1.807, 2.05) is 7.05 Å². The predicted octanol–water partition coefficient (Wildman–Crippen LogP) is 4.00. The van der Waals surface area contributed by atoms with Crippen molar-refractivity contribution in [3.05, 3.63) is 30.0 Å². The van der Waals surface area contributed by atoms with E-state index in [2.05, 4.69) is 48.3 Å². The van der Waals surface area contributed by atoms with Crippen LogP contribution < -0.4 is 10.2 Å².